The number of ether oxygens (including phenoxy) is 1. The monoisotopic (exact) mass is 296 g/mol. The van der Waals surface area contributed by atoms with Gasteiger partial charge in [0.2, 0.25) is 5.88 Å². The van der Waals surface area contributed by atoms with Gasteiger partial charge in [0.1, 0.15) is 12.1 Å². The molecule has 6 heteroatoms. The summed E-state index contributed by atoms with van der Waals surface area (Å²) in [5.74, 6) is 1.62. The molecule has 2 heterocycles. The molecular formula is C14H24N4OS. The zero-order chi connectivity index (χ0) is 14.4. The molecule has 0 spiro atoms. The molecule has 1 aliphatic heterocycles. The molecule has 1 saturated heterocycles. The molecule has 0 aliphatic carbocycles. The van der Waals surface area contributed by atoms with Crippen molar-refractivity contribution in [2.24, 2.45) is 5.73 Å². The maximum Gasteiger partial charge on any atom is 0.218 e. The van der Waals surface area contributed by atoms with E-state index in [2.05, 4.69) is 28.0 Å². The molecule has 2 rings (SSSR count). The van der Waals surface area contributed by atoms with Crippen molar-refractivity contribution < 1.29 is 4.74 Å². The lowest BCUT2D eigenvalue weighted by Crippen LogP contribution is -2.46. The Morgan fingerprint density at radius 2 is 2.15 bits per heavy atom. The minimum Gasteiger partial charge on any atom is -0.478 e. The van der Waals surface area contributed by atoms with E-state index in [4.69, 9.17) is 10.5 Å². The Morgan fingerprint density at radius 3 is 2.75 bits per heavy atom. The van der Waals surface area contributed by atoms with Crippen LogP contribution in [-0.2, 0) is 0 Å². The Morgan fingerprint density at radius 1 is 1.40 bits per heavy atom. The predicted molar refractivity (Wildman–Crippen MR) is 84.6 cm³/mol. The van der Waals surface area contributed by atoms with Gasteiger partial charge in [-0.25, -0.2) is 9.97 Å². The highest BCUT2D eigenvalue weighted by Gasteiger charge is 2.33. The van der Waals surface area contributed by atoms with E-state index in [1.54, 1.807) is 6.33 Å². The van der Waals surface area contributed by atoms with Gasteiger partial charge in [0, 0.05) is 30.4 Å². The largest absolute Gasteiger partial charge is 0.478 e. The topological polar surface area (TPSA) is 64.3 Å². The van der Waals surface area contributed by atoms with Crippen molar-refractivity contribution in [3.63, 3.8) is 0 Å². The van der Waals surface area contributed by atoms with E-state index in [-0.39, 0.29) is 4.75 Å². The van der Waals surface area contributed by atoms with Gasteiger partial charge in [-0.2, -0.15) is 11.8 Å². The first-order valence-corrected chi connectivity index (χ1v) is 8.40. The van der Waals surface area contributed by atoms with Crippen LogP contribution in [0.1, 0.15) is 26.2 Å². The number of nitrogens with two attached hydrogens (primary N) is 1. The first-order valence-electron chi connectivity index (χ1n) is 7.18. The Kier molecular flexibility index (Phi) is 5.48. The zero-order valence-electron chi connectivity index (χ0n) is 12.3. The maximum absolute atomic E-state index is 5.93. The van der Waals surface area contributed by atoms with Crippen LogP contribution in [0.25, 0.3) is 0 Å². The minimum absolute atomic E-state index is 0.241. The second-order valence-electron chi connectivity index (χ2n) is 5.14. The molecule has 0 amide bonds. The van der Waals surface area contributed by atoms with Crippen LogP contribution >= 0.6 is 11.8 Å². The number of piperidine rings is 1. The summed E-state index contributed by atoms with van der Waals surface area (Å²) in [5, 5.41) is 0. The first kappa shape index (κ1) is 15.4. The fourth-order valence-corrected chi connectivity index (χ4v) is 3.18. The highest BCUT2D eigenvalue weighted by Crippen LogP contribution is 2.34. The van der Waals surface area contributed by atoms with Gasteiger partial charge in [0.15, 0.2) is 0 Å². The van der Waals surface area contributed by atoms with Crippen molar-refractivity contribution in [2.75, 3.05) is 37.4 Å². The third-order valence-electron chi connectivity index (χ3n) is 3.89. The average Bonchev–Trinajstić information content (AvgIpc) is 2.53. The highest BCUT2D eigenvalue weighted by atomic mass is 32.2. The van der Waals surface area contributed by atoms with Gasteiger partial charge in [-0.05, 0) is 25.5 Å². The molecule has 0 unspecified atom stereocenters. The molecule has 20 heavy (non-hydrogen) atoms. The zero-order valence-corrected chi connectivity index (χ0v) is 13.2. The summed E-state index contributed by atoms with van der Waals surface area (Å²) in [6.45, 7) is 5.50. The molecule has 0 saturated carbocycles. The van der Waals surface area contributed by atoms with Crippen molar-refractivity contribution in [3.8, 4) is 5.88 Å². The quantitative estimate of drug-likeness (QED) is 0.865. The van der Waals surface area contributed by atoms with Crippen LogP contribution in [0.5, 0.6) is 5.88 Å². The summed E-state index contributed by atoms with van der Waals surface area (Å²) >= 11 is 1.90. The average molecular weight is 296 g/mol. The molecule has 0 atom stereocenters. The molecule has 1 aromatic heterocycles. The van der Waals surface area contributed by atoms with E-state index < -0.39 is 0 Å². The predicted octanol–water partition coefficient (Wildman–Crippen LogP) is 1.93. The van der Waals surface area contributed by atoms with Crippen molar-refractivity contribution >= 4 is 17.6 Å². The number of anilines is 1. The summed E-state index contributed by atoms with van der Waals surface area (Å²) in [7, 11) is 0. The summed E-state index contributed by atoms with van der Waals surface area (Å²) < 4.78 is 5.81. The maximum atomic E-state index is 5.93. The smallest absolute Gasteiger partial charge is 0.218 e. The third-order valence-corrected chi connectivity index (χ3v) is 5.33. The summed E-state index contributed by atoms with van der Waals surface area (Å²) in [4.78, 5) is 10.8. The molecule has 0 bridgehead atoms. The molecule has 1 aromatic rings. The van der Waals surface area contributed by atoms with E-state index in [1.165, 1.54) is 0 Å². The van der Waals surface area contributed by atoms with Gasteiger partial charge in [0.25, 0.3) is 0 Å². The molecule has 112 valence electrons. The number of thioether (sulfide) groups is 1. The van der Waals surface area contributed by atoms with Crippen molar-refractivity contribution in [3.05, 3.63) is 12.4 Å². The number of rotatable bonds is 6. The second-order valence-corrected chi connectivity index (χ2v) is 6.42. The van der Waals surface area contributed by atoms with Crippen molar-refractivity contribution in [1.29, 1.82) is 0 Å². The van der Waals surface area contributed by atoms with Gasteiger partial charge in [-0.3, -0.25) is 0 Å². The molecular weight excluding hydrogens is 272 g/mol. The molecule has 0 radical (unpaired) electrons. The lowest BCUT2D eigenvalue weighted by molar-refractivity contribution is 0.304. The SMILES string of the molecule is CCCOc1cc(N2CCC(CN)(SC)CC2)ncn1. The van der Waals surface area contributed by atoms with Crippen LogP contribution in [-0.4, -0.2) is 47.2 Å². The van der Waals surface area contributed by atoms with Crippen LogP contribution in [0.2, 0.25) is 0 Å². The highest BCUT2D eigenvalue weighted by molar-refractivity contribution is 8.00. The number of hydrogen-bond donors (Lipinski definition) is 1. The standard InChI is InChI=1S/C14H24N4OS/c1-3-8-19-13-9-12(16-11-17-13)18-6-4-14(10-15,20-2)5-7-18/h9,11H,3-8,10,15H2,1-2H3. The number of hydrogen-bond acceptors (Lipinski definition) is 6. The Bertz CT molecular complexity index is 415. The lowest BCUT2D eigenvalue weighted by Gasteiger charge is -2.40. The first-order chi connectivity index (χ1) is 9.73. The number of aromatic nitrogens is 2. The minimum atomic E-state index is 0.241. The fourth-order valence-electron chi connectivity index (χ4n) is 2.42. The second kappa shape index (κ2) is 7.13. The van der Waals surface area contributed by atoms with Crippen LogP contribution in [0.4, 0.5) is 5.82 Å². The van der Waals surface area contributed by atoms with Crippen molar-refractivity contribution in [1.82, 2.24) is 9.97 Å². The van der Waals surface area contributed by atoms with E-state index in [1.807, 2.05) is 17.8 Å². The summed E-state index contributed by atoms with van der Waals surface area (Å²) in [5.41, 5.74) is 5.93. The Labute approximate surface area is 125 Å². The summed E-state index contributed by atoms with van der Waals surface area (Å²) in [6, 6.07) is 1.93. The van der Waals surface area contributed by atoms with E-state index in [0.717, 1.165) is 44.7 Å². The van der Waals surface area contributed by atoms with Gasteiger partial charge < -0.3 is 15.4 Å². The van der Waals surface area contributed by atoms with Crippen LogP contribution in [0.15, 0.2) is 12.4 Å². The molecule has 1 aliphatic rings. The fraction of sp³-hybridized carbons (Fsp3) is 0.714. The van der Waals surface area contributed by atoms with Gasteiger partial charge in [-0.1, -0.05) is 6.92 Å². The van der Waals surface area contributed by atoms with E-state index >= 15 is 0 Å². The third kappa shape index (κ3) is 3.55. The van der Waals surface area contributed by atoms with E-state index in [0.29, 0.717) is 12.5 Å². The van der Waals surface area contributed by atoms with Crippen LogP contribution < -0.4 is 15.4 Å². The summed E-state index contributed by atoms with van der Waals surface area (Å²) in [6.07, 6.45) is 6.92. The van der Waals surface area contributed by atoms with Crippen LogP contribution in [0.3, 0.4) is 0 Å². The Hall–Kier alpha value is -1.01. The van der Waals surface area contributed by atoms with E-state index in [9.17, 15) is 0 Å². The van der Waals surface area contributed by atoms with Gasteiger partial charge in [0.05, 0.1) is 6.61 Å². The lowest BCUT2D eigenvalue weighted by atomic mass is 9.96. The molecule has 1 fully saturated rings. The Balaban J connectivity index is 1.99. The van der Waals surface area contributed by atoms with Crippen LogP contribution in [0, 0.1) is 0 Å². The molecule has 2 N–H and O–H groups in total. The van der Waals surface area contributed by atoms with Crippen molar-refractivity contribution in [2.45, 2.75) is 30.9 Å². The molecule has 0 aromatic carbocycles. The van der Waals surface area contributed by atoms with Gasteiger partial charge >= 0.3 is 0 Å². The molecule has 5 nitrogen and oxygen atoms in total. The van der Waals surface area contributed by atoms with Gasteiger partial charge in [-0.15, -0.1) is 0 Å². The normalized spacial score (nSPS) is 18.1. The number of nitrogens with zero attached hydrogens (tertiary/aromatic N) is 3.